The Hall–Kier alpha value is -0.444. The number of benzene rings is 1. The maximum absolute atomic E-state index is 13.2. The number of hydrogen-bond donors (Lipinski definition) is 1. The van der Waals surface area contributed by atoms with Crippen molar-refractivity contribution in [1.29, 1.82) is 0 Å². The summed E-state index contributed by atoms with van der Waals surface area (Å²) >= 11 is 2.02. The zero-order valence-electron chi connectivity index (χ0n) is 22.1. The molecule has 0 saturated carbocycles. The van der Waals surface area contributed by atoms with Crippen LogP contribution in [0.25, 0.3) is 0 Å². The number of carbonyl (C=O) groups is 1. The van der Waals surface area contributed by atoms with Crippen molar-refractivity contribution < 1.29 is 19.1 Å². The quantitative estimate of drug-likeness (QED) is 0.112. The molecule has 0 fully saturated rings. The number of allylic oxidation sites excluding steroid dienone is 1. The SMILES string of the molecule is COC(=O)C(CC/C=C(\C)CO[Si](C)(C)C(C)(C)C)(C[C@@H](O)C/C(C)=C\I)[Se]c1ccccc1. The molecule has 1 N–H and O–H groups in total. The average Bonchev–Trinajstić information content (AvgIpc) is 2.76. The van der Waals surface area contributed by atoms with Crippen LogP contribution in [0.4, 0.5) is 0 Å². The molecule has 0 saturated heterocycles. The Morgan fingerprint density at radius 3 is 2.32 bits per heavy atom. The van der Waals surface area contributed by atoms with E-state index in [1.54, 1.807) is 0 Å². The Balaban J connectivity index is 3.08. The van der Waals surface area contributed by atoms with Crippen molar-refractivity contribution >= 4 is 56.3 Å². The number of halogens is 1. The van der Waals surface area contributed by atoms with Crippen molar-refractivity contribution in [3.63, 3.8) is 0 Å². The number of aliphatic hydroxyl groups excluding tert-OH is 1. The van der Waals surface area contributed by atoms with Gasteiger partial charge < -0.3 is 0 Å². The molecule has 0 spiro atoms. The molecule has 192 valence electrons. The minimum atomic E-state index is -1.81. The van der Waals surface area contributed by atoms with Gasteiger partial charge in [0.05, 0.1) is 0 Å². The van der Waals surface area contributed by atoms with E-state index in [0.29, 0.717) is 25.9 Å². The predicted molar refractivity (Wildman–Crippen MR) is 156 cm³/mol. The van der Waals surface area contributed by atoms with Crippen molar-refractivity contribution in [3.05, 3.63) is 51.6 Å². The van der Waals surface area contributed by atoms with Gasteiger partial charge in [0.1, 0.15) is 0 Å². The van der Waals surface area contributed by atoms with Crippen LogP contribution in [0.5, 0.6) is 0 Å². The summed E-state index contributed by atoms with van der Waals surface area (Å²) < 4.78 is 14.1. The molecule has 34 heavy (non-hydrogen) atoms. The van der Waals surface area contributed by atoms with Crippen molar-refractivity contribution in [3.8, 4) is 0 Å². The monoisotopic (exact) mass is 666 g/mol. The van der Waals surface area contributed by atoms with Crippen LogP contribution in [0.3, 0.4) is 0 Å². The molecule has 1 unspecified atom stereocenters. The molecule has 7 heteroatoms. The van der Waals surface area contributed by atoms with Crippen LogP contribution >= 0.6 is 22.6 Å². The zero-order chi connectivity index (χ0) is 26.0. The van der Waals surface area contributed by atoms with Gasteiger partial charge in [0, 0.05) is 0 Å². The molecule has 0 aliphatic rings. The van der Waals surface area contributed by atoms with E-state index in [1.165, 1.54) is 12.7 Å². The van der Waals surface area contributed by atoms with Crippen LogP contribution < -0.4 is 4.46 Å². The molecule has 0 radical (unpaired) electrons. The third kappa shape index (κ3) is 10.3. The zero-order valence-corrected chi connectivity index (χ0v) is 27.0. The van der Waals surface area contributed by atoms with Crippen LogP contribution in [-0.4, -0.2) is 54.2 Å². The first-order chi connectivity index (χ1) is 15.8. The van der Waals surface area contributed by atoms with Crippen LogP contribution in [-0.2, 0) is 14.0 Å². The fourth-order valence-electron chi connectivity index (χ4n) is 3.31. The van der Waals surface area contributed by atoms with Crippen molar-refractivity contribution in [2.45, 2.75) is 88.9 Å². The molecule has 0 bridgehead atoms. The second-order valence-electron chi connectivity index (χ2n) is 10.6. The summed E-state index contributed by atoms with van der Waals surface area (Å²) in [5.74, 6) is -0.227. The van der Waals surface area contributed by atoms with E-state index in [1.807, 2.05) is 29.2 Å². The Morgan fingerprint density at radius 1 is 1.18 bits per heavy atom. The van der Waals surface area contributed by atoms with Crippen molar-refractivity contribution in [1.82, 2.24) is 0 Å². The first-order valence-electron chi connectivity index (χ1n) is 11.8. The molecule has 0 amide bonds. The Morgan fingerprint density at radius 2 is 1.79 bits per heavy atom. The number of methoxy groups -OCH3 is 1. The number of hydrogen-bond acceptors (Lipinski definition) is 4. The molecular formula is C27H43IO4SeSi. The van der Waals surface area contributed by atoms with E-state index in [0.717, 1.165) is 16.5 Å². The van der Waals surface area contributed by atoms with Gasteiger partial charge in [-0.05, 0) is 0 Å². The molecule has 1 rings (SSSR count). The average molecular weight is 666 g/mol. The Bertz CT molecular complexity index is 833. The van der Waals surface area contributed by atoms with E-state index in [4.69, 9.17) is 9.16 Å². The summed E-state index contributed by atoms with van der Waals surface area (Å²) in [7, 11) is -0.357. The van der Waals surface area contributed by atoms with E-state index in [2.05, 4.69) is 81.6 Å². The van der Waals surface area contributed by atoms with E-state index < -0.39 is 18.7 Å². The summed E-state index contributed by atoms with van der Waals surface area (Å²) in [5, 5.41) is 11.1. The van der Waals surface area contributed by atoms with Crippen molar-refractivity contribution in [2.24, 2.45) is 0 Å². The van der Waals surface area contributed by atoms with Crippen LogP contribution in [0, 0.1) is 0 Å². The molecule has 1 aromatic carbocycles. The summed E-state index contributed by atoms with van der Waals surface area (Å²) in [4.78, 5) is 13.2. The predicted octanol–water partition coefficient (Wildman–Crippen LogP) is 6.58. The van der Waals surface area contributed by atoms with Gasteiger partial charge >= 0.3 is 230 Å². The second-order valence-corrected chi connectivity index (χ2v) is 19.0. The first-order valence-corrected chi connectivity index (χ1v) is 17.7. The molecule has 0 aromatic heterocycles. The number of ether oxygens (including phenoxy) is 1. The number of aliphatic hydroxyl groups is 1. The molecule has 4 nitrogen and oxygen atoms in total. The number of esters is 1. The molecule has 2 atom stereocenters. The summed E-state index contributed by atoms with van der Waals surface area (Å²) in [6.07, 6.45) is 3.92. The summed E-state index contributed by atoms with van der Waals surface area (Å²) in [6, 6.07) is 10.1. The molecular weight excluding hydrogens is 622 g/mol. The van der Waals surface area contributed by atoms with Crippen LogP contribution in [0.2, 0.25) is 22.4 Å². The topological polar surface area (TPSA) is 55.8 Å². The van der Waals surface area contributed by atoms with Gasteiger partial charge in [0.2, 0.25) is 0 Å². The standard InChI is InChI=1S/C27H43IO4SeSi/c1-21(20-32-34(7,8)26(3,4)5)13-12-16-27(25(30)31-6,18-23(29)17-22(2)19-28)33-24-14-10-9-11-15-24/h9-11,13-15,19,23,29H,12,16-18,20H2,1-8H3/b21-13+,22-19-/t23-,27?/m0/s1. The van der Waals surface area contributed by atoms with Gasteiger partial charge in [0.15, 0.2) is 0 Å². The number of rotatable bonds is 13. The third-order valence-electron chi connectivity index (χ3n) is 6.43. The van der Waals surface area contributed by atoms with Gasteiger partial charge in [-0.3, -0.25) is 0 Å². The van der Waals surface area contributed by atoms with Gasteiger partial charge in [-0.15, -0.1) is 0 Å². The van der Waals surface area contributed by atoms with Gasteiger partial charge in [0.25, 0.3) is 0 Å². The summed E-state index contributed by atoms with van der Waals surface area (Å²) in [5.41, 5.74) is 2.29. The van der Waals surface area contributed by atoms with Gasteiger partial charge in [-0.2, -0.15) is 0 Å². The van der Waals surface area contributed by atoms with E-state index >= 15 is 0 Å². The fourth-order valence-corrected chi connectivity index (χ4v) is 7.54. The van der Waals surface area contributed by atoms with Crippen LogP contribution in [0.1, 0.15) is 60.3 Å². The molecule has 1 aromatic rings. The third-order valence-corrected chi connectivity index (χ3v) is 15.0. The first kappa shape index (κ1) is 31.6. The van der Waals surface area contributed by atoms with Gasteiger partial charge in [-0.25, -0.2) is 0 Å². The van der Waals surface area contributed by atoms with E-state index in [-0.39, 0.29) is 26.0 Å². The Labute approximate surface area is 228 Å². The molecule has 0 heterocycles. The normalized spacial score (nSPS) is 16.2. The molecule has 0 aliphatic carbocycles. The fraction of sp³-hybridized carbons (Fsp3) is 0.593. The molecule has 0 aliphatic heterocycles. The minimum absolute atomic E-state index is 0.173. The number of carbonyl (C=O) groups excluding carboxylic acids is 1. The van der Waals surface area contributed by atoms with Crippen LogP contribution in [0.15, 0.2) is 51.6 Å². The van der Waals surface area contributed by atoms with Gasteiger partial charge in [-0.1, -0.05) is 0 Å². The maximum atomic E-state index is 13.2. The van der Waals surface area contributed by atoms with Crippen molar-refractivity contribution in [2.75, 3.05) is 13.7 Å². The van der Waals surface area contributed by atoms with E-state index in [9.17, 15) is 9.90 Å². The second kappa shape index (κ2) is 14.3. The Kier molecular flexibility index (Phi) is 13.3. The summed E-state index contributed by atoms with van der Waals surface area (Å²) in [6.45, 7) is 16.0.